The number of nitrogens with one attached hydrogen (secondary N) is 1. The molecule has 1 saturated carbocycles. The first-order chi connectivity index (χ1) is 10.1. The van der Waals surface area contributed by atoms with Crippen LogP contribution in [0.25, 0.3) is 0 Å². The molecule has 1 aliphatic carbocycles. The van der Waals surface area contributed by atoms with E-state index in [1.165, 1.54) is 0 Å². The second-order valence-electron chi connectivity index (χ2n) is 5.57. The summed E-state index contributed by atoms with van der Waals surface area (Å²) in [5.74, 6) is -1.54. The number of hydrogen-bond donors (Lipinski definition) is 1. The summed E-state index contributed by atoms with van der Waals surface area (Å²) in [6.07, 6.45) is 0.920. The lowest BCUT2D eigenvalue weighted by Gasteiger charge is -2.33. The molecule has 1 amide bonds. The molecule has 110 valence electrons. The molecule has 5 heteroatoms. The fourth-order valence-corrected chi connectivity index (χ4v) is 3.35. The molecule has 0 aromatic heterocycles. The Morgan fingerprint density at radius 3 is 2.86 bits per heavy atom. The average Bonchev–Trinajstić information content (AvgIpc) is 2.72. The van der Waals surface area contributed by atoms with E-state index in [1.54, 1.807) is 6.92 Å². The molecular formula is C16H17NO4. The van der Waals surface area contributed by atoms with Gasteiger partial charge in [-0.1, -0.05) is 18.2 Å². The Labute approximate surface area is 122 Å². The molecular weight excluding hydrogens is 270 g/mol. The number of benzene rings is 1. The van der Waals surface area contributed by atoms with E-state index in [9.17, 15) is 14.4 Å². The summed E-state index contributed by atoms with van der Waals surface area (Å²) in [6.45, 7) is 1.98. The molecule has 0 saturated heterocycles. The van der Waals surface area contributed by atoms with Crippen LogP contribution < -0.4 is 5.32 Å². The lowest BCUT2D eigenvalue weighted by atomic mass is 9.66. The Kier molecular flexibility index (Phi) is 3.27. The van der Waals surface area contributed by atoms with Crippen molar-refractivity contribution in [1.82, 2.24) is 0 Å². The SMILES string of the molecule is CCOC(=O)C1CCC2(CC1=O)C(=O)Nc1ccccc12. The standard InChI is InChI=1S/C16H17NO4/c1-2-21-14(19)10-7-8-16(9-13(10)18)11-5-3-4-6-12(11)17-15(16)20/h3-6,10H,2,7-9H2,1H3,(H,17,20). The summed E-state index contributed by atoms with van der Waals surface area (Å²) in [6, 6.07) is 7.43. The lowest BCUT2D eigenvalue weighted by Crippen LogP contribution is -2.44. The number of Topliss-reactive ketones (excluding diaryl/α,β-unsaturated/α-hetero) is 1. The molecule has 1 N–H and O–H groups in total. The van der Waals surface area contributed by atoms with Crippen LogP contribution in [-0.2, 0) is 24.5 Å². The molecule has 0 bridgehead atoms. The first-order valence-corrected chi connectivity index (χ1v) is 7.19. The molecule has 5 nitrogen and oxygen atoms in total. The monoisotopic (exact) mass is 287 g/mol. The minimum absolute atomic E-state index is 0.0688. The van der Waals surface area contributed by atoms with Crippen molar-refractivity contribution in [2.24, 2.45) is 5.92 Å². The fraction of sp³-hybridized carbons (Fsp3) is 0.438. The molecule has 1 aromatic carbocycles. The third-order valence-electron chi connectivity index (χ3n) is 4.42. The van der Waals surface area contributed by atoms with E-state index in [1.807, 2.05) is 24.3 Å². The van der Waals surface area contributed by atoms with Crippen LogP contribution in [0.2, 0.25) is 0 Å². The van der Waals surface area contributed by atoms with Gasteiger partial charge in [0.2, 0.25) is 5.91 Å². The van der Waals surface area contributed by atoms with Gasteiger partial charge < -0.3 is 10.1 Å². The summed E-state index contributed by atoms with van der Waals surface area (Å²) < 4.78 is 4.94. The maximum absolute atomic E-state index is 12.4. The predicted octanol–water partition coefficient (Wildman–Crippen LogP) is 1.81. The zero-order valence-corrected chi connectivity index (χ0v) is 11.8. The number of esters is 1. The first-order valence-electron chi connectivity index (χ1n) is 7.19. The molecule has 1 aromatic rings. The van der Waals surface area contributed by atoms with Gasteiger partial charge in [-0.05, 0) is 31.4 Å². The van der Waals surface area contributed by atoms with E-state index in [0.29, 0.717) is 12.8 Å². The van der Waals surface area contributed by atoms with Gasteiger partial charge in [-0.2, -0.15) is 0 Å². The van der Waals surface area contributed by atoms with Gasteiger partial charge >= 0.3 is 5.97 Å². The summed E-state index contributed by atoms with van der Waals surface area (Å²) in [7, 11) is 0. The largest absolute Gasteiger partial charge is 0.465 e. The van der Waals surface area contributed by atoms with Crippen molar-refractivity contribution in [2.45, 2.75) is 31.6 Å². The Morgan fingerprint density at radius 1 is 1.38 bits per heavy atom. The van der Waals surface area contributed by atoms with E-state index in [0.717, 1.165) is 11.3 Å². The number of fused-ring (bicyclic) bond motifs is 2. The number of carbonyl (C=O) groups is 3. The van der Waals surface area contributed by atoms with Gasteiger partial charge in [0, 0.05) is 12.1 Å². The lowest BCUT2D eigenvalue weighted by molar-refractivity contribution is -0.154. The van der Waals surface area contributed by atoms with E-state index >= 15 is 0 Å². The highest BCUT2D eigenvalue weighted by Crippen LogP contribution is 2.47. The van der Waals surface area contributed by atoms with Crippen molar-refractivity contribution in [3.8, 4) is 0 Å². The molecule has 0 radical (unpaired) electrons. The number of ether oxygens (including phenoxy) is 1. The van der Waals surface area contributed by atoms with Gasteiger partial charge in [0.15, 0.2) is 0 Å². The van der Waals surface area contributed by atoms with Crippen molar-refractivity contribution in [3.05, 3.63) is 29.8 Å². The zero-order valence-electron chi connectivity index (χ0n) is 11.8. The van der Waals surface area contributed by atoms with Crippen LogP contribution in [0.15, 0.2) is 24.3 Å². The minimum Gasteiger partial charge on any atom is -0.465 e. The number of hydrogen-bond acceptors (Lipinski definition) is 4. The van der Waals surface area contributed by atoms with Crippen molar-refractivity contribution in [1.29, 1.82) is 0 Å². The third-order valence-corrected chi connectivity index (χ3v) is 4.42. The number of rotatable bonds is 2. The van der Waals surface area contributed by atoms with Crippen molar-refractivity contribution < 1.29 is 19.1 Å². The van der Waals surface area contributed by atoms with Crippen LogP contribution in [0.1, 0.15) is 31.7 Å². The van der Waals surface area contributed by atoms with Gasteiger partial charge in [0.05, 0.1) is 12.0 Å². The number of anilines is 1. The van der Waals surface area contributed by atoms with Crippen molar-refractivity contribution >= 4 is 23.3 Å². The van der Waals surface area contributed by atoms with Crippen LogP contribution in [0, 0.1) is 5.92 Å². The Bertz CT molecular complexity index is 624. The molecule has 1 aliphatic heterocycles. The van der Waals surface area contributed by atoms with E-state index in [2.05, 4.69) is 5.32 Å². The molecule has 21 heavy (non-hydrogen) atoms. The maximum Gasteiger partial charge on any atom is 0.316 e. The van der Waals surface area contributed by atoms with E-state index in [-0.39, 0.29) is 24.7 Å². The minimum atomic E-state index is -0.809. The van der Waals surface area contributed by atoms with Gasteiger partial charge in [-0.15, -0.1) is 0 Å². The highest BCUT2D eigenvalue weighted by atomic mass is 16.5. The number of ketones is 1. The van der Waals surface area contributed by atoms with Crippen LogP contribution in [0.5, 0.6) is 0 Å². The van der Waals surface area contributed by atoms with Gasteiger partial charge in [-0.25, -0.2) is 0 Å². The molecule has 2 unspecified atom stereocenters. The van der Waals surface area contributed by atoms with Crippen LogP contribution >= 0.6 is 0 Å². The smallest absolute Gasteiger partial charge is 0.316 e. The highest BCUT2D eigenvalue weighted by molar-refractivity contribution is 6.11. The average molecular weight is 287 g/mol. The summed E-state index contributed by atoms with van der Waals surface area (Å²) in [5, 5.41) is 2.84. The van der Waals surface area contributed by atoms with Gasteiger partial charge in [0.1, 0.15) is 11.7 Å². The van der Waals surface area contributed by atoms with Crippen molar-refractivity contribution in [3.63, 3.8) is 0 Å². The number of amides is 1. The second kappa shape index (κ2) is 4.98. The zero-order chi connectivity index (χ0) is 15.0. The molecule has 1 heterocycles. The topological polar surface area (TPSA) is 72.5 Å². The van der Waals surface area contributed by atoms with Crippen molar-refractivity contribution in [2.75, 3.05) is 11.9 Å². The first kappa shape index (κ1) is 13.8. The van der Waals surface area contributed by atoms with E-state index < -0.39 is 17.3 Å². The fourth-order valence-electron chi connectivity index (χ4n) is 3.35. The third kappa shape index (κ3) is 2.04. The maximum atomic E-state index is 12.4. The molecule has 1 fully saturated rings. The predicted molar refractivity (Wildman–Crippen MR) is 75.7 cm³/mol. The molecule has 2 aliphatic rings. The van der Waals surface area contributed by atoms with Gasteiger partial charge in [-0.3, -0.25) is 14.4 Å². The molecule has 3 rings (SSSR count). The Balaban J connectivity index is 1.89. The van der Waals surface area contributed by atoms with Crippen LogP contribution in [0.3, 0.4) is 0 Å². The molecule has 1 spiro atoms. The Hall–Kier alpha value is -2.17. The summed E-state index contributed by atoms with van der Waals surface area (Å²) >= 11 is 0. The highest BCUT2D eigenvalue weighted by Gasteiger charge is 2.52. The Morgan fingerprint density at radius 2 is 2.14 bits per heavy atom. The van der Waals surface area contributed by atoms with Gasteiger partial charge in [0.25, 0.3) is 0 Å². The quantitative estimate of drug-likeness (QED) is 0.665. The second-order valence-corrected chi connectivity index (χ2v) is 5.57. The summed E-state index contributed by atoms with van der Waals surface area (Å²) in [4.78, 5) is 36.5. The van der Waals surface area contributed by atoms with Crippen LogP contribution in [-0.4, -0.2) is 24.3 Å². The van der Waals surface area contributed by atoms with E-state index in [4.69, 9.17) is 4.74 Å². The summed E-state index contributed by atoms with van der Waals surface area (Å²) in [5.41, 5.74) is 0.826. The molecule has 2 atom stereocenters. The number of para-hydroxylation sites is 1. The number of carbonyl (C=O) groups excluding carboxylic acids is 3. The van der Waals surface area contributed by atoms with Crippen LogP contribution in [0.4, 0.5) is 5.69 Å². The normalized spacial score (nSPS) is 27.4.